The molecule has 0 aromatic carbocycles. The molecule has 3 unspecified atom stereocenters. The van der Waals surface area contributed by atoms with E-state index in [1.165, 1.54) is 19.3 Å². The zero-order chi connectivity index (χ0) is 13.9. The van der Waals surface area contributed by atoms with Gasteiger partial charge < -0.3 is 10.2 Å². The van der Waals surface area contributed by atoms with Crippen molar-refractivity contribution in [2.75, 3.05) is 20.6 Å². The van der Waals surface area contributed by atoms with Crippen LogP contribution in [0.1, 0.15) is 53.9 Å². The lowest BCUT2D eigenvalue weighted by atomic mass is 9.70. The highest BCUT2D eigenvalue weighted by atomic mass is 15.1. The lowest BCUT2D eigenvalue weighted by Crippen LogP contribution is -2.51. The summed E-state index contributed by atoms with van der Waals surface area (Å²) in [6.45, 7) is 13.1. The summed E-state index contributed by atoms with van der Waals surface area (Å²) in [5.74, 6) is 1.51. The summed E-state index contributed by atoms with van der Waals surface area (Å²) in [7, 11) is 4.34. The van der Waals surface area contributed by atoms with Crippen LogP contribution in [0.4, 0.5) is 0 Å². The van der Waals surface area contributed by atoms with Gasteiger partial charge in [-0.2, -0.15) is 0 Å². The van der Waals surface area contributed by atoms with E-state index in [0.29, 0.717) is 23.4 Å². The Kier molecular flexibility index (Phi) is 5.67. The fourth-order valence-electron chi connectivity index (χ4n) is 3.32. The second-order valence-corrected chi connectivity index (χ2v) is 7.77. The van der Waals surface area contributed by atoms with Crippen LogP contribution >= 0.6 is 0 Å². The molecular weight excluding hydrogens is 220 g/mol. The number of nitrogens with one attached hydrogen (secondary N) is 1. The maximum absolute atomic E-state index is 3.93. The van der Waals surface area contributed by atoms with E-state index >= 15 is 0 Å². The van der Waals surface area contributed by atoms with E-state index in [2.05, 4.69) is 58.9 Å². The van der Waals surface area contributed by atoms with Gasteiger partial charge in [0.2, 0.25) is 0 Å². The highest BCUT2D eigenvalue weighted by Gasteiger charge is 2.33. The Morgan fingerprint density at radius 1 is 1.28 bits per heavy atom. The second kappa shape index (κ2) is 6.38. The monoisotopic (exact) mass is 254 g/mol. The molecule has 1 aliphatic rings. The molecule has 0 bridgehead atoms. The number of hydrogen-bond acceptors (Lipinski definition) is 2. The van der Waals surface area contributed by atoms with E-state index in [-0.39, 0.29) is 0 Å². The Bertz CT molecular complexity index is 245. The van der Waals surface area contributed by atoms with Crippen LogP contribution in [0.15, 0.2) is 0 Å². The quantitative estimate of drug-likeness (QED) is 0.809. The van der Waals surface area contributed by atoms with Crippen molar-refractivity contribution in [3.63, 3.8) is 0 Å². The molecule has 0 aromatic heterocycles. The van der Waals surface area contributed by atoms with E-state index in [4.69, 9.17) is 0 Å². The van der Waals surface area contributed by atoms with E-state index < -0.39 is 0 Å². The highest BCUT2D eigenvalue weighted by molar-refractivity contribution is 4.89. The molecule has 0 radical (unpaired) electrons. The van der Waals surface area contributed by atoms with Gasteiger partial charge in [-0.1, -0.05) is 34.6 Å². The van der Waals surface area contributed by atoms with Crippen molar-refractivity contribution in [1.29, 1.82) is 0 Å². The van der Waals surface area contributed by atoms with Crippen LogP contribution in [-0.2, 0) is 0 Å². The van der Waals surface area contributed by atoms with Gasteiger partial charge in [0.05, 0.1) is 0 Å². The fourth-order valence-corrected chi connectivity index (χ4v) is 3.32. The Balaban J connectivity index is 2.54. The minimum atomic E-state index is 0.548. The molecule has 2 nitrogen and oxygen atoms in total. The maximum Gasteiger partial charge on any atom is 0.0220 e. The van der Waals surface area contributed by atoms with Crippen LogP contribution in [-0.4, -0.2) is 37.6 Å². The third-order valence-corrected chi connectivity index (χ3v) is 4.49. The first kappa shape index (κ1) is 16.0. The van der Waals surface area contributed by atoms with E-state index in [1.807, 2.05) is 0 Å². The predicted molar refractivity (Wildman–Crippen MR) is 80.9 cm³/mol. The third-order valence-electron chi connectivity index (χ3n) is 4.49. The molecular formula is C16H34N2. The highest BCUT2D eigenvalue weighted by Crippen LogP contribution is 2.38. The van der Waals surface area contributed by atoms with Crippen molar-refractivity contribution in [2.24, 2.45) is 17.3 Å². The van der Waals surface area contributed by atoms with Crippen LogP contribution in [0.3, 0.4) is 0 Å². The van der Waals surface area contributed by atoms with Crippen LogP contribution in [0, 0.1) is 17.3 Å². The molecule has 18 heavy (non-hydrogen) atoms. The molecule has 0 aromatic rings. The van der Waals surface area contributed by atoms with Crippen LogP contribution in [0.25, 0.3) is 0 Å². The summed E-state index contributed by atoms with van der Waals surface area (Å²) in [5, 5.41) is 3.93. The summed E-state index contributed by atoms with van der Waals surface area (Å²) in [6, 6.07) is 1.33. The zero-order valence-electron chi connectivity index (χ0n) is 13.6. The minimum Gasteiger partial charge on any atom is -0.309 e. The first-order chi connectivity index (χ1) is 8.21. The van der Waals surface area contributed by atoms with Gasteiger partial charge >= 0.3 is 0 Å². The lowest BCUT2D eigenvalue weighted by Gasteiger charge is -2.42. The molecule has 2 heteroatoms. The molecule has 0 amide bonds. The molecule has 108 valence electrons. The van der Waals surface area contributed by atoms with Crippen LogP contribution < -0.4 is 5.32 Å². The molecule has 1 saturated carbocycles. The molecule has 1 rings (SSSR count). The summed E-state index contributed by atoms with van der Waals surface area (Å²) >= 11 is 0. The largest absolute Gasteiger partial charge is 0.309 e. The molecule has 0 spiro atoms. The summed E-state index contributed by atoms with van der Waals surface area (Å²) in [5.41, 5.74) is 0.548. The smallest absolute Gasteiger partial charge is 0.0220 e. The van der Waals surface area contributed by atoms with Gasteiger partial charge in [-0.05, 0) is 50.6 Å². The number of rotatable bonds is 5. The zero-order valence-corrected chi connectivity index (χ0v) is 13.6. The lowest BCUT2D eigenvalue weighted by molar-refractivity contribution is 0.129. The first-order valence-electron chi connectivity index (χ1n) is 7.62. The molecule has 0 heterocycles. The molecule has 0 saturated heterocycles. The first-order valence-corrected chi connectivity index (χ1v) is 7.62. The van der Waals surface area contributed by atoms with Crippen molar-refractivity contribution in [2.45, 2.75) is 66.0 Å². The van der Waals surface area contributed by atoms with Crippen molar-refractivity contribution in [3.05, 3.63) is 0 Å². The van der Waals surface area contributed by atoms with Crippen molar-refractivity contribution >= 4 is 0 Å². The molecule has 1 N–H and O–H groups in total. The van der Waals surface area contributed by atoms with Crippen LogP contribution in [0.5, 0.6) is 0 Å². The molecule has 3 atom stereocenters. The van der Waals surface area contributed by atoms with Crippen molar-refractivity contribution in [1.82, 2.24) is 10.2 Å². The summed E-state index contributed by atoms with van der Waals surface area (Å²) < 4.78 is 0. The number of likely N-dealkylation sites (N-methyl/N-ethyl adjacent to an activating group) is 1. The average molecular weight is 254 g/mol. The Hall–Kier alpha value is -0.0800. The van der Waals surface area contributed by atoms with Crippen molar-refractivity contribution in [3.8, 4) is 0 Å². The Morgan fingerprint density at radius 2 is 1.89 bits per heavy atom. The fraction of sp³-hybridized carbons (Fsp3) is 1.00. The van der Waals surface area contributed by atoms with Gasteiger partial charge in [-0.15, -0.1) is 0 Å². The molecule has 1 fully saturated rings. The van der Waals surface area contributed by atoms with E-state index in [9.17, 15) is 0 Å². The van der Waals surface area contributed by atoms with E-state index in [1.54, 1.807) is 0 Å². The average Bonchev–Trinajstić information content (AvgIpc) is 2.19. The maximum atomic E-state index is 3.93. The minimum absolute atomic E-state index is 0.548. The normalized spacial score (nSPS) is 29.8. The molecule has 0 aliphatic heterocycles. The topological polar surface area (TPSA) is 15.3 Å². The summed E-state index contributed by atoms with van der Waals surface area (Å²) in [6.07, 6.45) is 4.06. The molecule has 1 aliphatic carbocycles. The van der Waals surface area contributed by atoms with Gasteiger partial charge in [-0.25, -0.2) is 0 Å². The Morgan fingerprint density at radius 3 is 2.33 bits per heavy atom. The number of nitrogens with zero attached hydrogens (tertiary/aromatic N) is 1. The Labute approximate surface area is 115 Å². The van der Waals surface area contributed by atoms with Gasteiger partial charge in [0.25, 0.3) is 0 Å². The summed E-state index contributed by atoms with van der Waals surface area (Å²) in [4.78, 5) is 2.30. The van der Waals surface area contributed by atoms with Gasteiger partial charge in [0.1, 0.15) is 0 Å². The van der Waals surface area contributed by atoms with Crippen molar-refractivity contribution < 1.29 is 0 Å². The standard InChI is InChI=1S/C16H34N2/c1-12(2)15(11-18(6)7)17-14-8-9-16(4,5)10-13(14)3/h12-15,17H,8-11H2,1-7H3. The third kappa shape index (κ3) is 4.89. The van der Waals surface area contributed by atoms with Gasteiger partial charge in [0, 0.05) is 18.6 Å². The SMILES string of the molecule is CC(C)C(CN(C)C)NC1CCC(C)(C)CC1C. The van der Waals surface area contributed by atoms with Gasteiger partial charge in [0.15, 0.2) is 0 Å². The van der Waals surface area contributed by atoms with Crippen LogP contribution in [0.2, 0.25) is 0 Å². The van der Waals surface area contributed by atoms with E-state index in [0.717, 1.165) is 12.5 Å². The van der Waals surface area contributed by atoms with Gasteiger partial charge in [-0.3, -0.25) is 0 Å². The predicted octanol–water partition coefficient (Wildman–Crippen LogP) is 3.38. The second-order valence-electron chi connectivity index (χ2n) is 7.77. The number of hydrogen-bond donors (Lipinski definition) is 1.